The number of carbonyl (C=O) groups excluding carboxylic acids is 1. The molecular weight excluding hydrogens is 361 g/mol. The number of amides is 1. The predicted molar refractivity (Wildman–Crippen MR) is 93.1 cm³/mol. The minimum atomic E-state index is -4.73. The molecule has 1 aromatic carbocycles. The molecule has 0 atom stereocenters. The minimum absolute atomic E-state index is 0.187. The molecule has 1 N–H and O–H groups in total. The minimum Gasteiger partial charge on any atom is -0.406 e. The number of piperidine rings is 1. The van der Waals surface area contributed by atoms with Crippen LogP contribution in [0.25, 0.3) is 0 Å². The summed E-state index contributed by atoms with van der Waals surface area (Å²) in [7, 11) is 0. The molecule has 1 amide bonds. The lowest BCUT2D eigenvalue weighted by Crippen LogP contribution is -2.39. The van der Waals surface area contributed by atoms with Crippen molar-refractivity contribution in [3.8, 4) is 5.75 Å². The highest BCUT2D eigenvalue weighted by Crippen LogP contribution is 2.24. The molecule has 2 aromatic rings. The molecule has 0 spiro atoms. The van der Waals surface area contributed by atoms with E-state index >= 15 is 0 Å². The van der Waals surface area contributed by atoms with E-state index in [1.165, 1.54) is 24.3 Å². The number of anilines is 1. The molecule has 1 aliphatic rings. The second-order valence-electron chi connectivity index (χ2n) is 6.60. The first-order chi connectivity index (χ1) is 12.9. The molecule has 0 bridgehead atoms. The number of rotatable bonds is 6. The van der Waals surface area contributed by atoms with Crippen LogP contribution < -0.4 is 10.1 Å². The predicted octanol–water partition coefficient (Wildman–Crippen LogP) is 3.13. The number of benzene rings is 1. The maximum Gasteiger partial charge on any atom is 0.573 e. The average molecular weight is 382 g/mol. The van der Waals surface area contributed by atoms with E-state index in [2.05, 4.69) is 24.5 Å². The van der Waals surface area contributed by atoms with Crippen LogP contribution in [0, 0.1) is 5.92 Å². The molecule has 0 radical (unpaired) electrons. The van der Waals surface area contributed by atoms with Crippen LogP contribution >= 0.6 is 0 Å². The maximum absolute atomic E-state index is 12.2. The number of ether oxygens (including phenoxy) is 1. The van der Waals surface area contributed by atoms with Gasteiger partial charge < -0.3 is 14.6 Å². The number of alkyl halides is 3. The monoisotopic (exact) mass is 382 g/mol. The van der Waals surface area contributed by atoms with Gasteiger partial charge in [-0.3, -0.25) is 9.69 Å². The Morgan fingerprint density at radius 2 is 1.93 bits per heavy atom. The van der Waals surface area contributed by atoms with Crippen molar-refractivity contribution in [1.29, 1.82) is 0 Å². The molecule has 1 aromatic heterocycles. The highest BCUT2D eigenvalue weighted by atomic mass is 19.4. The van der Waals surface area contributed by atoms with Crippen molar-refractivity contribution in [3.05, 3.63) is 43.0 Å². The van der Waals surface area contributed by atoms with Gasteiger partial charge in [0.05, 0.1) is 12.9 Å². The summed E-state index contributed by atoms with van der Waals surface area (Å²) in [5.41, 5.74) is 0.435. The van der Waals surface area contributed by atoms with Gasteiger partial charge in [0.25, 0.3) is 0 Å². The maximum atomic E-state index is 12.2. The average Bonchev–Trinajstić information content (AvgIpc) is 3.10. The van der Waals surface area contributed by atoms with Crippen molar-refractivity contribution >= 4 is 11.6 Å². The third-order valence-corrected chi connectivity index (χ3v) is 4.47. The summed E-state index contributed by atoms with van der Waals surface area (Å²) in [5.74, 6) is 0.0627. The molecule has 0 aliphatic carbocycles. The second kappa shape index (κ2) is 8.43. The standard InChI is InChI=1S/C18H21F3N4O2/c19-18(20,21)27-16-3-1-15(2-4-16)23-17(26)12-24-8-5-14(6-9-24)11-25-10-7-22-13-25/h1-4,7,10,13-14H,5-6,8-9,11-12H2,(H,23,26). The van der Waals surface area contributed by atoms with E-state index in [1.54, 1.807) is 6.20 Å². The summed E-state index contributed by atoms with van der Waals surface area (Å²) < 4.78 is 42.3. The number of nitrogens with zero attached hydrogens (tertiary/aromatic N) is 3. The molecule has 3 rings (SSSR count). The van der Waals surface area contributed by atoms with Gasteiger partial charge in [0.15, 0.2) is 0 Å². The number of hydrogen-bond donors (Lipinski definition) is 1. The van der Waals surface area contributed by atoms with Crippen LogP contribution in [-0.2, 0) is 11.3 Å². The van der Waals surface area contributed by atoms with Gasteiger partial charge in [0.1, 0.15) is 5.75 Å². The van der Waals surface area contributed by atoms with Crippen LogP contribution in [-0.4, -0.2) is 46.4 Å². The number of nitrogens with one attached hydrogen (secondary N) is 1. The number of likely N-dealkylation sites (tertiary alicyclic amines) is 1. The third-order valence-electron chi connectivity index (χ3n) is 4.47. The first-order valence-electron chi connectivity index (χ1n) is 8.71. The number of carbonyl (C=O) groups is 1. The molecule has 27 heavy (non-hydrogen) atoms. The van der Waals surface area contributed by atoms with Gasteiger partial charge in [-0.15, -0.1) is 13.2 Å². The fourth-order valence-electron chi connectivity index (χ4n) is 3.16. The van der Waals surface area contributed by atoms with Crippen molar-refractivity contribution in [2.45, 2.75) is 25.7 Å². The molecule has 1 saturated heterocycles. The molecule has 9 heteroatoms. The van der Waals surface area contributed by atoms with E-state index in [4.69, 9.17) is 0 Å². The largest absolute Gasteiger partial charge is 0.573 e. The summed E-state index contributed by atoms with van der Waals surface area (Å²) in [6.45, 7) is 2.88. The number of halogens is 3. The van der Waals surface area contributed by atoms with E-state index in [-0.39, 0.29) is 18.2 Å². The van der Waals surface area contributed by atoms with Gasteiger partial charge in [-0.05, 0) is 56.1 Å². The van der Waals surface area contributed by atoms with Gasteiger partial charge in [-0.2, -0.15) is 0 Å². The zero-order valence-electron chi connectivity index (χ0n) is 14.7. The first-order valence-corrected chi connectivity index (χ1v) is 8.71. The van der Waals surface area contributed by atoms with Crippen molar-refractivity contribution in [2.75, 3.05) is 25.0 Å². The lowest BCUT2D eigenvalue weighted by atomic mass is 9.97. The fraction of sp³-hybridized carbons (Fsp3) is 0.444. The van der Waals surface area contributed by atoms with E-state index in [1.807, 2.05) is 12.5 Å². The quantitative estimate of drug-likeness (QED) is 0.834. The summed E-state index contributed by atoms with van der Waals surface area (Å²) >= 11 is 0. The van der Waals surface area contributed by atoms with Crippen LogP contribution in [0.3, 0.4) is 0 Å². The molecule has 146 valence electrons. The summed E-state index contributed by atoms with van der Waals surface area (Å²) in [5, 5.41) is 2.70. The SMILES string of the molecule is O=C(CN1CCC(Cn2ccnc2)CC1)Nc1ccc(OC(F)(F)F)cc1. The van der Waals surface area contributed by atoms with Gasteiger partial charge in [-0.1, -0.05) is 0 Å². The lowest BCUT2D eigenvalue weighted by molar-refractivity contribution is -0.274. The van der Waals surface area contributed by atoms with Crippen LogP contribution in [0.1, 0.15) is 12.8 Å². The number of imidazole rings is 1. The first kappa shape index (κ1) is 19.2. The molecule has 6 nitrogen and oxygen atoms in total. The Morgan fingerprint density at radius 3 is 2.52 bits per heavy atom. The summed E-state index contributed by atoms with van der Waals surface area (Å²) in [6.07, 6.45) is 2.82. The summed E-state index contributed by atoms with van der Waals surface area (Å²) in [4.78, 5) is 18.3. The number of hydrogen-bond acceptors (Lipinski definition) is 4. The Bertz CT molecular complexity index is 724. The molecule has 0 unspecified atom stereocenters. The highest BCUT2D eigenvalue weighted by molar-refractivity contribution is 5.92. The van der Waals surface area contributed by atoms with E-state index in [9.17, 15) is 18.0 Å². The van der Waals surface area contributed by atoms with Crippen molar-refractivity contribution in [3.63, 3.8) is 0 Å². The molecule has 0 saturated carbocycles. The molecule has 2 heterocycles. The normalized spacial score (nSPS) is 16.3. The Morgan fingerprint density at radius 1 is 1.22 bits per heavy atom. The molecule has 1 fully saturated rings. The third kappa shape index (κ3) is 6.28. The van der Waals surface area contributed by atoms with E-state index < -0.39 is 6.36 Å². The zero-order chi connectivity index (χ0) is 19.3. The van der Waals surface area contributed by atoms with Crippen molar-refractivity contribution < 1.29 is 22.7 Å². The Balaban J connectivity index is 1.41. The highest BCUT2D eigenvalue weighted by Gasteiger charge is 2.31. The van der Waals surface area contributed by atoms with E-state index in [0.717, 1.165) is 32.5 Å². The van der Waals surface area contributed by atoms with Gasteiger partial charge in [0, 0.05) is 24.6 Å². The molecule has 1 aliphatic heterocycles. The lowest BCUT2D eigenvalue weighted by Gasteiger charge is -2.31. The smallest absolute Gasteiger partial charge is 0.406 e. The van der Waals surface area contributed by atoms with Crippen LogP contribution in [0.4, 0.5) is 18.9 Å². The van der Waals surface area contributed by atoms with Crippen LogP contribution in [0.5, 0.6) is 5.75 Å². The molecular formula is C18H21F3N4O2. The van der Waals surface area contributed by atoms with Crippen LogP contribution in [0.2, 0.25) is 0 Å². The van der Waals surface area contributed by atoms with Gasteiger partial charge in [-0.25, -0.2) is 4.98 Å². The Labute approximate surface area is 154 Å². The summed E-state index contributed by atoms with van der Waals surface area (Å²) in [6, 6.07) is 5.11. The van der Waals surface area contributed by atoms with Crippen molar-refractivity contribution in [2.24, 2.45) is 5.92 Å². The number of aromatic nitrogens is 2. The van der Waals surface area contributed by atoms with Crippen LogP contribution in [0.15, 0.2) is 43.0 Å². The van der Waals surface area contributed by atoms with Gasteiger partial charge in [0.2, 0.25) is 5.91 Å². The Hall–Kier alpha value is -2.55. The second-order valence-corrected chi connectivity index (χ2v) is 6.60. The zero-order valence-corrected chi connectivity index (χ0v) is 14.7. The van der Waals surface area contributed by atoms with Crippen molar-refractivity contribution in [1.82, 2.24) is 14.5 Å². The van der Waals surface area contributed by atoms with E-state index in [0.29, 0.717) is 11.6 Å². The topological polar surface area (TPSA) is 59.4 Å². The fourth-order valence-corrected chi connectivity index (χ4v) is 3.16. The Kier molecular flexibility index (Phi) is 6.00. The van der Waals surface area contributed by atoms with Gasteiger partial charge >= 0.3 is 6.36 Å².